The number of aryl methyl sites for hydroxylation is 3. The van der Waals surface area contributed by atoms with E-state index in [4.69, 9.17) is 5.11 Å². The van der Waals surface area contributed by atoms with E-state index in [1.807, 2.05) is 6.07 Å². The fourth-order valence-corrected chi connectivity index (χ4v) is 2.32. The minimum atomic E-state index is -0.958. The van der Waals surface area contributed by atoms with Crippen molar-refractivity contribution >= 4 is 5.97 Å². The van der Waals surface area contributed by atoms with Gasteiger partial charge >= 0.3 is 5.97 Å². The van der Waals surface area contributed by atoms with Crippen LogP contribution in [-0.4, -0.2) is 25.8 Å². The molecule has 0 saturated heterocycles. The van der Waals surface area contributed by atoms with Gasteiger partial charge in [-0.05, 0) is 37.8 Å². The van der Waals surface area contributed by atoms with Crippen molar-refractivity contribution in [2.45, 2.75) is 26.2 Å². The third-order valence-electron chi connectivity index (χ3n) is 3.28. The quantitative estimate of drug-likeness (QED) is 0.872. The van der Waals surface area contributed by atoms with Crippen LogP contribution in [0.25, 0.3) is 5.82 Å². The molecule has 0 amide bonds. The number of nitrogens with zero attached hydrogens (tertiary/aromatic N) is 3. The number of pyridine rings is 1. The van der Waals surface area contributed by atoms with E-state index < -0.39 is 5.97 Å². The Bertz CT molecular complexity index is 631. The van der Waals surface area contributed by atoms with Crippen LogP contribution in [0.2, 0.25) is 0 Å². The number of aromatic carboxylic acids is 1. The van der Waals surface area contributed by atoms with Crippen LogP contribution >= 0.6 is 0 Å². The lowest BCUT2D eigenvalue weighted by Gasteiger charge is -2.03. The van der Waals surface area contributed by atoms with E-state index in [0.717, 1.165) is 25.0 Å². The molecule has 2 aromatic heterocycles. The molecule has 5 heteroatoms. The maximum Gasteiger partial charge on any atom is 0.339 e. The van der Waals surface area contributed by atoms with Crippen LogP contribution in [0.4, 0.5) is 0 Å². The molecule has 1 N–H and O–H groups in total. The van der Waals surface area contributed by atoms with Crippen LogP contribution in [0.1, 0.15) is 33.7 Å². The molecular formula is C13H13N3O2. The third kappa shape index (κ3) is 1.68. The van der Waals surface area contributed by atoms with Crippen molar-refractivity contribution in [1.29, 1.82) is 0 Å². The molecule has 0 bridgehead atoms. The number of aromatic nitrogens is 3. The maximum absolute atomic E-state index is 11.0. The summed E-state index contributed by atoms with van der Waals surface area (Å²) in [5.74, 6) is -0.272. The summed E-state index contributed by atoms with van der Waals surface area (Å²) in [7, 11) is 0. The second-order valence-corrected chi connectivity index (χ2v) is 4.51. The highest BCUT2D eigenvalue weighted by molar-refractivity contribution is 5.88. The van der Waals surface area contributed by atoms with Crippen LogP contribution in [0.3, 0.4) is 0 Å². The van der Waals surface area contributed by atoms with Gasteiger partial charge in [0.1, 0.15) is 5.56 Å². The number of carbonyl (C=O) groups is 1. The van der Waals surface area contributed by atoms with E-state index in [9.17, 15) is 4.79 Å². The molecule has 0 unspecified atom stereocenters. The molecule has 18 heavy (non-hydrogen) atoms. The maximum atomic E-state index is 11.0. The predicted molar refractivity (Wildman–Crippen MR) is 65.1 cm³/mol. The van der Waals surface area contributed by atoms with Crippen LogP contribution in [-0.2, 0) is 12.8 Å². The minimum absolute atomic E-state index is 0.220. The zero-order chi connectivity index (χ0) is 12.7. The zero-order valence-electron chi connectivity index (χ0n) is 10.1. The number of carboxylic acid groups (broad SMARTS) is 1. The molecule has 2 aromatic rings. The van der Waals surface area contributed by atoms with Crippen molar-refractivity contribution in [1.82, 2.24) is 14.8 Å². The fourth-order valence-electron chi connectivity index (χ4n) is 2.32. The average molecular weight is 243 g/mol. The molecule has 0 aromatic carbocycles. The van der Waals surface area contributed by atoms with E-state index >= 15 is 0 Å². The summed E-state index contributed by atoms with van der Waals surface area (Å²) in [5.41, 5.74) is 3.13. The second kappa shape index (κ2) is 3.94. The Kier molecular flexibility index (Phi) is 2.40. The SMILES string of the molecule is Cc1nn(-c2ccc3c(n2)CCC3)cc1C(=O)O. The van der Waals surface area contributed by atoms with E-state index in [1.54, 1.807) is 6.92 Å². The van der Waals surface area contributed by atoms with Gasteiger partial charge in [0, 0.05) is 11.9 Å². The summed E-state index contributed by atoms with van der Waals surface area (Å²) in [4.78, 5) is 15.5. The van der Waals surface area contributed by atoms with Gasteiger partial charge in [-0.25, -0.2) is 14.5 Å². The van der Waals surface area contributed by atoms with Gasteiger partial charge < -0.3 is 5.11 Å². The number of rotatable bonds is 2. The largest absolute Gasteiger partial charge is 0.478 e. The Morgan fingerprint density at radius 3 is 2.94 bits per heavy atom. The number of hydrogen-bond donors (Lipinski definition) is 1. The Morgan fingerprint density at radius 1 is 1.39 bits per heavy atom. The van der Waals surface area contributed by atoms with Gasteiger partial charge in [0.25, 0.3) is 0 Å². The summed E-state index contributed by atoms with van der Waals surface area (Å²) in [5, 5.41) is 13.2. The molecule has 0 spiro atoms. The fraction of sp³-hybridized carbons (Fsp3) is 0.308. The summed E-state index contributed by atoms with van der Waals surface area (Å²) in [6.45, 7) is 1.69. The van der Waals surface area contributed by atoms with Crippen LogP contribution in [0.5, 0.6) is 0 Å². The molecule has 0 radical (unpaired) electrons. The predicted octanol–water partition coefficient (Wildman–Crippen LogP) is 1.76. The topological polar surface area (TPSA) is 68.0 Å². The van der Waals surface area contributed by atoms with Crippen molar-refractivity contribution in [2.75, 3.05) is 0 Å². The van der Waals surface area contributed by atoms with Gasteiger partial charge in [-0.3, -0.25) is 0 Å². The molecule has 1 aliphatic rings. The molecule has 5 nitrogen and oxygen atoms in total. The summed E-state index contributed by atoms with van der Waals surface area (Å²) < 4.78 is 1.54. The first kappa shape index (κ1) is 11.0. The molecule has 0 aliphatic heterocycles. The Labute approximate surface area is 104 Å². The lowest BCUT2D eigenvalue weighted by atomic mass is 10.2. The lowest BCUT2D eigenvalue weighted by Crippen LogP contribution is -2.01. The summed E-state index contributed by atoms with van der Waals surface area (Å²) in [6.07, 6.45) is 4.74. The highest BCUT2D eigenvalue weighted by Crippen LogP contribution is 2.21. The smallest absolute Gasteiger partial charge is 0.339 e. The van der Waals surface area contributed by atoms with Crippen LogP contribution in [0, 0.1) is 6.92 Å². The Hall–Kier alpha value is -2.17. The van der Waals surface area contributed by atoms with E-state index in [-0.39, 0.29) is 5.56 Å². The van der Waals surface area contributed by atoms with Crippen molar-refractivity contribution in [3.05, 3.63) is 40.8 Å². The lowest BCUT2D eigenvalue weighted by molar-refractivity contribution is 0.0696. The Balaban J connectivity index is 2.05. The average Bonchev–Trinajstić information content (AvgIpc) is 2.93. The highest BCUT2D eigenvalue weighted by Gasteiger charge is 2.16. The number of carboxylic acids is 1. The van der Waals surface area contributed by atoms with E-state index in [0.29, 0.717) is 11.5 Å². The van der Waals surface area contributed by atoms with Crippen LogP contribution in [0.15, 0.2) is 18.3 Å². The monoisotopic (exact) mass is 243 g/mol. The second-order valence-electron chi connectivity index (χ2n) is 4.51. The molecule has 0 fully saturated rings. The molecule has 0 atom stereocenters. The highest BCUT2D eigenvalue weighted by atomic mass is 16.4. The van der Waals surface area contributed by atoms with Crippen LogP contribution < -0.4 is 0 Å². The first-order valence-electron chi connectivity index (χ1n) is 5.94. The standard InChI is InChI=1S/C13H13N3O2/c1-8-10(13(17)18)7-16(15-8)12-6-5-9-3-2-4-11(9)14-12/h5-7H,2-4H2,1H3,(H,17,18). The first-order valence-corrected chi connectivity index (χ1v) is 5.94. The Morgan fingerprint density at radius 2 is 2.22 bits per heavy atom. The first-order chi connectivity index (χ1) is 8.65. The third-order valence-corrected chi connectivity index (χ3v) is 3.28. The molecule has 1 aliphatic carbocycles. The van der Waals surface area contributed by atoms with Gasteiger partial charge in [-0.1, -0.05) is 6.07 Å². The summed E-state index contributed by atoms with van der Waals surface area (Å²) in [6, 6.07) is 3.95. The zero-order valence-corrected chi connectivity index (χ0v) is 10.1. The van der Waals surface area contributed by atoms with E-state index in [2.05, 4.69) is 16.1 Å². The van der Waals surface area contributed by atoms with Gasteiger partial charge in [-0.15, -0.1) is 0 Å². The van der Waals surface area contributed by atoms with Crippen molar-refractivity contribution in [2.24, 2.45) is 0 Å². The molecule has 92 valence electrons. The minimum Gasteiger partial charge on any atom is -0.478 e. The van der Waals surface area contributed by atoms with Crippen molar-refractivity contribution in [3.63, 3.8) is 0 Å². The van der Waals surface area contributed by atoms with Gasteiger partial charge in [0.05, 0.1) is 5.69 Å². The molecule has 0 saturated carbocycles. The van der Waals surface area contributed by atoms with Gasteiger partial charge in [-0.2, -0.15) is 5.10 Å². The molecule has 2 heterocycles. The normalized spacial score (nSPS) is 13.6. The number of fused-ring (bicyclic) bond motifs is 1. The number of hydrogen-bond acceptors (Lipinski definition) is 3. The van der Waals surface area contributed by atoms with E-state index in [1.165, 1.54) is 16.4 Å². The van der Waals surface area contributed by atoms with Gasteiger partial charge in [0.2, 0.25) is 0 Å². The summed E-state index contributed by atoms with van der Waals surface area (Å²) >= 11 is 0. The van der Waals surface area contributed by atoms with Crippen molar-refractivity contribution < 1.29 is 9.90 Å². The molecule has 3 rings (SSSR count). The van der Waals surface area contributed by atoms with Gasteiger partial charge in [0.15, 0.2) is 5.82 Å². The molecular weight excluding hydrogens is 230 g/mol. The van der Waals surface area contributed by atoms with Crippen molar-refractivity contribution in [3.8, 4) is 5.82 Å².